The van der Waals surface area contributed by atoms with E-state index in [1.165, 1.54) is 5.56 Å². The van der Waals surface area contributed by atoms with Gasteiger partial charge in [-0.15, -0.1) is 0 Å². The summed E-state index contributed by atoms with van der Waals surface area (Å²) in [5.74, 6) is 2.15. The Balaban J connectivity index is 1.71. The molecule has 5 atom stereocenters. The van der Waals surface area contributed by atoms with Crippen LogP contribution in [0, 0.1) is 17.3 Å². The van der Waals surface area contributed by atoms with Gasteiger partial charge in [0.1, 0.15) is 0 Å². The Bertz CT molecular complexity index is 839. The SMILES string of the molecule is CCOc1cc2c(cc1OS(N)(=O)=O)CC[C@@H]1[C@@H]2CC[C@]2(C)[C@H](O)CC[C@@H]12. The topological polar surface area (TPSA) is 98.9 Å². The number of fused-ring (bicyclic) bond motifs is 5. The van der Waals surface area contributed by atoms with E-state index in [1.807, 2.05) is 13.0 Å². The minimum Gasteiger partial charge on any atom is -0.490 e. The molecule has 150 valence electrons. The lowest BCUT2D eigenvalue weighted by Crippen LogP contribution is -2.43. The van der Waals surface area contributed by atoms with Crippen molar-refractivity contribution in [2.45, 2.75) is 64.4 Å². The van der Waals surface area contributed by atoms with Gasteiger partial charge in [0.15, 0.2) is 11.5 Å². The number of aryl methyl sites for hydroxylation is 1. The van der Waals surface area contributed by atoms with Gasteiger partial charge in [-0.1, -0.05) is 6.92 Å². The monoisotopic (exact) mass is 395 g/mol. The molecule has 6 nitrogen and oxygen atoms in total. The molecule has 2 saturated carbocycles. The highest BCUT2D eigenvalue weighted by atomic mass is 32.2. The van der Waals surface area contributed by atoms with Gasteiger partial charge in [-0.2, -0.15) is 13.6 Å². The molecule has 0 bridgehead atoms. The largest absolute Gasteiger partial charge is 0.490 e. The molecule has 0 heterocycles. The predicted octanol–water partition coefficient (Wildman–Crippen LogP) is 2.88. The average molecular weight is 396 g/mol. The van der Waals surface area contributed by atoms with Gasteiger partial charge in [0.25, 0.3) is 0 Å². The second kappa shape index (κ2) is 6.64. The molecule has 0 amide bonds. The van der Waals surface area contributed by atoms with Crippen LogP contribution in [0.5, 0.6) is 11.5 Å². The third kappa shape index (κ3) is 3.23. The Labute approximate surface area is 161 Å². The summed E-state index contributed by atoms with van der Waals surface area (Å²) in [6.07, 6.45) is 5.83. The smallest absolute Gasteiger partial charge is 0.380 e. The first kappa shape index (κ1) is 19.0. The lowest BCUT2D eigenvalue weighted by atomic mass is 9.55. The number of hydrogen-bond acceptors (Lipinski definition) is 5. The summed E-state index contributed by atoms with van der Waals surface area (Å²) < 4.78 is 33.5. The standard InChI is InChI=1S/C20H29NO5S/c1-3-25-17-11-15-12(10-18(17)26-27(21,23)24)4-5-14-13(15)8-9-20(2)16(14)6-7-19(20)22/h10-11,13-14,16,19,22H,3-9H2,1-2H3,(H2,21,23,24)/t13-,14+,16-,19+,20-/m0/s1. The molecule has 0 radical (unpaired) electrons. The van der Waals surface area contributed by atoms with Crippen LogP contribution in [0.1, 0.15) is 63.0 Å². The maximum absolute atomic E-state index is 11.4. The quantitative estimate of drug-likeness (QED) is 0.817. The third-order valence-corrected chi connectivity index (χ3v) is 7.66. The van der Waals surface area contributed by atoms with Crippen molar-refractivity contribution >= 4 is 10.3 Å². The van der Waals surface area contributed by atoms with Crippen molar-refractivity contribution in [2.24, 2.45) is 22.4 Å². The van der Waals surface area contributed by atoms with Crippen molar-refractivity contribution in [2.75, 3.05) is 6.61 Å². The van der Waals surface area contributed by atoms with E-state index in [0.717, 1.165) is 44.1 Å². The molecule has 3 N–H and O–H groups in total. The third-order valence-electron chi connectivity index (χ3n) is 7.24. The summed E-state index contributed by atoms with van der Waals surface area (Å²) in [5, 5.41) is 15.6. The summed E-state index contributed by atoms with van der Waals surface area (Å²) >= 11 is 0. The highest BCUT2D eigenvalue weighted by Gasteiger charge is 2.54. The molecule has 0 unspecified atom stereocenters. The van der Waals surface area contributed by atoms with Crippen LogP contribution < -0.4 is 14.1 Å². The number of benzene rings is 1. The van der Waals surface area contributed by atoms with Crippen LogP contribution in [0.4, 0.5) is 0 Å². The Kier molecular flexibility index (Phi) is 4.68. The molecule has 3 aliphatic carbocycles. The van der Waals surface area contributed by atoms with Crippen LogP contribution >= 0.6 is 0 Å². The van der Waals surface area contributed by atoms with Crippen LogP contribution in [-0.4, -0.2) is 26.2 Å². The van der Waals surface area contributed by atoms with E-state index >= 15 is 0 Å². The average Bonchev–Trinajstić information content (AvgIpc) is 2.89. The highest BCUT2D eigenvalue weighted by molar-refractivity contribution is 7.84. The van der Waals surface area contributed by atoms with Crippen molar-refractivity contribution in [1.29, 1.82) is 0 Å². The first-order valence-electron chi connectivity index (χ1n) is 9.93. The Morgan fingerprint density at radius 1 is 1.22 bits per heavy atom. The van der Waals surface area contributed by atoms with Gasteiger partial charge in [0.05, 0.1) is 12.7 Å². The zero-order chi connectivity index (χ0) is 19.4. The van der Waals surface area contributed by atoms with E-state index in [-0.39, 0.29) is 17.3 Å². The number of rotatable bonds is 4. The van der Waals surface area contributed by atoms with Gasteiger partial charge in [0, 0.05) is 0 Å². The molecule has 2 fully saturated rings. The molecule has 0 aromatic heterocycles. The molecule has 1 aromatic carbocycles. The number of nitrogens with two attached hydrogens (primary N) is 1. The van der Waals surface area contributed by atoms with E-state index in [2.05, 4.69) is 6.92 Å². The van der Waals surface area contributed by atoms with Gasteiger partial charge in [-0.3, -0.25) is 0 Å². The maximum atomic E-state index is 11.4. The molecule has 7 heteroatoms. The summed E-state index contributed by atoms with van der Waals surface area (Å²) in [5.41, 5.74) is 2.42. The molecular formula is C20H29NO5S. The second-order valence-electron chi connectivity index (χ2n) is 8.56. The summed E-state index contributed by atoms with van der Waals surface area (Å²) in [6.45, 7) is 4.53. The van der Waals surface area contributed by atoms with Crippen molar-refractivity contribution in [1.82, 2.24) is 0 Å². The molecule has 27 heavy (non-hydrogen) atoms. The van der Waals surface area contributed by atoms with Crippen LogP contribution in [0.2, 0.25) is 0 Å². The molecule has 3 aliphatic rings. The molecule has 1 aromatic rings. The van der Waals surface area contributed by atoms with Crippen LogP contribution in [-0.2, 0) is 16.7 Å². The Hall–Kier alpha value is -1.31. The van der Waals surface area contributed by atoms with Gasteiger partial charge in [0.2, 0.25) is 0 Å². The number of aliphatic hydroxyl groups excluding tert-OH is 1. The molecular weight excluding hydrogens is 366 g/mol. The summed E-state index contributed by atoms with van der Waals surface area (Å²) in [4.78, 5) is 0. The van der Waals surface area contributed by atoms with Gasteiger partial charge < -0.3 is 14.0 Å². The van der Waals surface area contributed by atoms with E-state index in [0.29, 0.717) is 30.1 Å². The van der Waals surface area contributed by atoms with Crippen LogP contribution in [0.3, 0.4) is 0 Å². The van der Waals surface area contributed by atoms with Crippen LogP contribution in [0.25, 0.3) is 0 Å². The van der Waals surface area contributed by atoms with Gasteiger partial charge in [-0.25, -0.2) is 0 Å². The lowest BCUT2D eigenvalue weighted by molar-refractivity contribution is -0.0226. The van der Waals surface area contributed by atoms with Crippen LogP contribution in [0.15, 0.2) is 12.1 Å². The fourth-order valence-corrected chi connectivity index (χ4v) is 6.39. The minimum atomic E-state index is -4.10. The van der Waals surface area contributed by atoms with Crippen molar-refractivity contribution in [3.05, 3.63) is 23.3 Å². The fraction of sp³-hybridized carbons (Fsp3) is 0.700. The van der Waals surface area contributed by atoms with E-state index in [1.54, 1.807) is 6.07 Å². The van der Waals surface area contributed by atoms with E-state index < -0.39 is 10.3 Å². The highest BCUT2D eigenvalue weighted by Crippen LogP contribution is 2.61. The van der Waals surface area contributed by atoms with Crippen molar-refractivity contribution in [3.63, 3.8) is 0 Å². The minimum absolute atomic E-state index is 0.0398. The Morgan fingerprint density at radius 2 is 2.00 bits per heavy atom. The van der Waals surface area contributed by atoms with Crippen molar-refractivity contribution in [3.8, 4) is 11.5 Å². The molecule has 0 aliphatic heterocycles. The fourth-order valence-electron chi connectivity index (χ4n) is 6.01. The van der Waals surface area contributed by atoms with Crippen molar-refractivity contribution < 1.29 is 22.4 Å². The number of hydrogen-bond donors (Lipinski definition) is 2. The summed E-state index contributed by atoms with van der Waals surface area (Å²) in [7, 11) is -4.10. The molecule has 4 rings (SSSR count). The maximum Gasteiger partial charge on any atom is 0.380 e. The number of ether oxygens (including phenoxy) is 1. The predicted molar refractivity (Wildman–Crippen MR) is 102 cm³/mol. The second-order valence-corrected chi connectivity index (χ2v) is 9.71. The Morgan fingerprint density at radius 3 is 2.70 bits per heavy atom. The molecule has 0 saturated heterocycles. The zero-order valence-corrected chi connectivity index (χ0v) is 16.8. The first-order valence-corrected chi connectivity index (χ1v) is 11.4. The lowest BCUT2D eigenvalue weighted by Gasteiger charge is -2.50. The van der Waals surface area contributed by atoms with E-state index in [4.69, 9.17) is 14.1 Å². The number of aliphatic hydroxyl groups is 1. The van der Waals surface area contributed by atoms with Gasteiger partial charge >= 0.3 is 10.3 Å². The normalized spacial score (nSPS) is 35.1. The molecule has 0 spiro atoms. The van der Waals surface area contributed by atoms with Gasteiger partial charge in [-0.05, 0) is 91.9 Å². The first-order chi connectivity index (χ1) is 12.7. The summed E-state index contributed by atoms with van der Waals surface area (Å²) in [6, 6.07) is 3.75. The van der Waals surface area contributed by atoms with E-state index in [9.17, 15) is 13.5 Å². The zero-order valence-electron chi connectivity index (χ0n) is 16.0.